The lowest BCUT2D eigenvalue weighted by molar-refractivity contribution is 0.563. The largest absolute Gasteiger partial charge is 0.313 e. The van der Waals surface area contributed by atoms with Gasteiger partial charge in [-0.05, 0) is 6.07 Å². The summed E-state index contributed by atoms with van der Waals surface area (Å²) < 4.78 is 27.5. The van der Waals surface area contributed by atoms with Gasteiger partial charge in [0.25, 0.3) is 0 Å². The van der Waals surface area contributed by atoms with E-state index in [1.54, 1.807) is 24.0 Å². The first-order valence-corrected chi connectivity index (χ1v) is 7.23. The van der Waals surface area contributed by atoms with E-state index in [0.29, 0.717) is 12.6 Å². The number of hydrogen-bond acceptors (Lipinski definition) is 4. The van der Waals surface area contributed by atoms with Crippen molar-refractivity contribution >= 4 is 10.0 Å². The van der Waals surface area contributed by atoms with E-state index in [2.05, 4.69) is 15.1 Å². The number of nitrogens with one attached hydrogen (secondary N) is 2. The van der Waals surface area contributed by atoms with E-state index in [-0.39, 0.29) is 12.3 Å². The van der Waals surface area contributed by atoms with Crippen molar-refractivity contribution in [3.8, 4) is 0 Å². The molecule has 0 fully saturated rings. The van der Waals surface area contributed by atoms with Crippen LogP contribution in [0.15, 0.2) is 12.3 Å². The lowest BCUT2D eigenvalue weighted by Crippen LogP contribution is -2.34. The third kappa shape index (κ3) is 5.29. The predicted molar refractivity (Wildman–Crippen MR) is 67.0 cm³/mol. The van der Waals surface area contributed by atoms with Gasteiger partial charge < -0.3 is 5.32 Å². The standard InChI is InChI=1S/C10H20N4O2S/c1-9(2)11-6-7-17(15,16)13-8-10-4-5-12-14(10)3/h4-5,9,11,13H,6-8H2,1-3H3. The predicted octanol–water partition coefficient (Wildman–Crippen LogP) is -0.162. The molecule has 0 saturated heterocycles. The van der Waals surface area contributed by atoms with Crippen molar-refractivity contribution in [1.82, 2.24) is 19.8 Å². The van der Waals surface area contributed by atoms with Gasteiger partial charge in [0.1, 0.15) is 0 Å². The average molecular weight is 260 g/mol. The van der Waals surface area contributed by atoms with E-state index in [1.807, 2.05) is 13.8 Å². The Kier molecular flexibility index (Phi) is 5.10. The van der Waals surface area contributed by atoms with Crippen LogP contribution in [0, 0.1) is 0 Å². The summed E-state index contributed by atoms with van der Waals surface area (Å²) in [4.78, 5) is 0. The zero-order valence-corrected chi connectivity index (χ0v) is 11.3. The van der Waals surface area contributed by atoms with Crippen LogP contribution in [0.4, 0.5) is 0 Å². The van der Waals surface area contributed by atoms with Crippen LogP contribution in [0.3, 0.4) is 0 Å². The molecule has 7 heteroatoms. The van der Waals surface area contributed by atoms with Crippen LogP contribution >= 0.6 is 0 Å². The van der Waals surface area contributed by atoms with Gasteiger partial charge in [0.05, 0.1) is 18.0 Å². The Morgan fingerprint density at radius 1 is 1.47 bits per heavy atom. The normalized spacial score (nSPS) is 12.2. The van der Waals surface area contributed by atoms with Crippen molar-refractivity contribution in [2.24, 2.45) is 7.05 Å². The molecular formula is C10H20N4O2S. The van der Waals surface area contributed by atoms with Crippen molar-refractivity contribution in [1.29, 1.82) is 0 Å². The van der Waals surface area contributed by atoms with E-state index in [1.165, 1.54) is 0 Å². The highest BCUT2D eigenvalue weighted by molar-refractivity contribution is 7.89. The third-order valence-electron chi connectivity index (χ3n) is 2.32. The lowest BCUT2D eigenvalue weighted by Gasteiger charge is -2.09. The summed E-state index contributed by atoms with van der Waals surface area (Å²) in [6, 6.07) is 2.08. The second-order valence-corrected chi connectivity index (χ2v) is 6.12. The molecule has 0 aliphatic rings. The second-order valence-electron chi connectivity index (χ2n) is 4.19. The molecule has 1 aromatic rings. The molecule has 6 nitrogen and oxygen atoms in total. The number of nitrogens with zero attached hydrogens (tertiary/aromatic N) is 2. The van der Waals surface area contributed by atoms with Gasteiger partial charge in [-0.25, -0.2) is 13.1 Å². The summed E-state index contributed by atoms with van der Waals surface area (Å²) in [5.74, 6) is 0.0863. The van der Waals surface area contributed by atoms with E-state index < -0.39 is 10.0 Å². The summed E-state index contributed by atoms with van der Waals surface area (Å²) in [5, 5.41) is 7.04. The molecule has 0 saturated carbocycles. The molecule has 1 heterocycles. The summed E-state index contributed by atoms with van der Waals surface area (Å²) in [7, 11) is -1.44. The zero-order chi connectivity index (χ0) is 12.9. The molecule has 0 bridgehead atoms. The molecule has 0 radical (unpaired) electrons. The van der Waals surface area contributed by atoms with Gasteiger partial charge in [-0.1, -0.05) is 13.8 Å². The van der Waals surface area contributed by atoms with E-state index in [0.717, 1.165) is 5.69 Å². The molecule has 0 aromatic carbocycles. The van der Waals surface area contributed by atoms with Gasteiger partial charge in [-0.2, -0.15) is 5.10 Å². The monoisotopic (exact) mass is 260 g/mol. The fraction of sp³-hybridized carbons (Fsp3) is 0.700. The Labute approximate surface area is 102 Å². The van der Waals surface area contributed by atoms with Crippen LogP contribution in [0.2, 0.25) is 0 Å². The molecule has 0 aliphatic heterocycles. The van der Waals surface area contributed by atoms with E-state index in [9.17, 15) is 8.42 Å². The van der Waals surface area contributed by atoms with Gasteiger partial charge in [0, 0.05) is 25.8 Å². The molecule has 2 N–H and O–H groups in total. The van der Waals surface area contributed by atoms with Crippen LogP contribution in [0.1, 0.15) is 19.5 Å². The number of sulfonamides is 1. The van der Waals surface area contributed by atoms with Gasteiger partial charge in [0.2, 0.25) is 10.0 Å². The molecule has 0 spiro atoms. The molecule has 0 amide bonds. The molecule has 17 heavy (non-hydrogen) atoms. The molecule has 1 rings (SSSR count). The number of hydrogen-bond donors (Lipinski definition) is 2. The fourth-order valence-corrected chi connectivity index (χ4v) is 2.21. The Hall–Kier alpha value is -0.920. The molecule has 0 unspecified atom stereocenters. The highest BCUT2D eigenvalue weighted by Crippen LogP contribution is 1.96. The van der Waals surface area contributed by atoms with Crippen LogP contribution in [0.25, 0.3) is 0 Å². The van der Waals surface area contributed by atoms with E-state index >= 15 is 0 Å². The average Bonchev–Trinajstić information content (AvgIpc) is 2.60. The Balaban J connectivity index is 2.37. The maximum Gasteiger partial charge on any atom is 0.213 e. The highest BCUT2D eigenvalue weighted by atomic mass is 32.2. The van der Waals surface area contributed by atoms with Gasteiger partial charge in [0.15, 0.2) is 0 Å². The summed E-state index contributed by atoms with van der Waals surface area (Å²) >= 11 is 0. The van der Waals surface area contributed by atoms with Crippen LogP contribution < -0.4 is 10.0 Å². The summed E-state index contributed by atoms with van der Waals surface area (Å²) in [5.41, 5.74) is 0.838. The maximum atomic E-state index is 11.6. The first-order chi connectivity index (χ1) is 7.91. The Bertz CT molecular complexity index is 439. The van der Waals surface area contributed by atoms with Crippen LogP contribution in [0.5, 0.6) is 0 Å². The quantitative estimate of drug-likeness (QED) is 0.714. The van der Waals surface area contributed by atoms with Gasteiger partial charge in [-0.15, -0.1) is 0 Å². The minimum Gasteiger partial charge on any atom is -0.313 e. The molecule has 0 atom stereocenters. The topological polar surface area (TPSA) is 76.0 Å². The number of rotatable bonds is 7. The first-order valence-electron chi connectivity index (χ1n) is 5.58. The van der Waals surface area contributed by atoms with Crippen molar-refractivity contribution in [3.63, 3.8) is 0 Å². The summed E-state index contributed by atoms with van der Waals surface area (Å²) in [6.07, 6.45) is 1.64. The van der Waals surface area contributed by atoms with Crippen molar-refractivity contribution < 1.29 is 8.42 Å². The molecule has 0 aliphatic carbocycles. The Morgan fingerprint density at radius 3 is 2.71 bits per heavy atom. The van der Waals surface area contributed by atoms with Gasteiger partial charge >= 0.3 is 0 Å². The second kappa shape index (κ2) is 6.13. The zero-order valence-electron chi connectivity index (χ0n) is 10.5. The first kappa shape index (κ1) is 14.1. The Morgan fingerprint density at radius 2 is 2.18 bits per heavy atom. The minimum absolute atomic E-state index is 0.0863. The SMILES string of the molecule is CC(C)NCCS(=O)(=O)NCc1ccnn1C. The molecule has 1 aromatic heterocycles. The van der Waals surface area contributed by atoms with Crippen molar-refractivity contribution in [2.75, 3.05) is 12.3 Å². The van der Waals surface area contributed by atoms with Crippen LogP contribution in [-0.4, -0.2) is 36.5 Å². The fourth-order valence-electron chi connectivity index (χ4n) is 1.31. The number of aromatic nitrogens is 2. The van der Waals surface area contributed by atoms with Crippen molar-refractivity contribution in [2.45, 2.75) is 26.4 Å². The number of aryl methyl sites for hydroxylation is 1. The maximum absolute atomic E-state index is 11.6. The molecule has 98 valence electrons. The lowest BCUT2D eigenvalue weighted by atomic mass is 10.4. The van der Waals surface area contributed by atoms with Crippen LogP contribution in [-0.2, 0) is 23.6 Å². The smallest absolute Gasteiger partial charge is 0.213 e. The van der Waals surface area contributed by atoms with Crippen molar-refractivity contribution in [3.05, 3.63) is 18.0 Å². The third-order valence-corrected chi connectivity index (χ3v) is 3.64. The van der Waals surface area contributed by atoms with E-state index in [4.69, 9.17) is 0 Å². The summed E-state index contributed by atoms with van der Waals surface area (Å²) in [6.45, 7) is 4.70. The minimum atomic E-state index is -3.22. The molecular weight excluding hydrogens is 240 g/mol. The highest BCUT2D eigenvalue weighted by Gasteiger charge is 2.10. The van der Waals surface area contributed by atoms with Gasteiger partial charge in [-0.3, -0.25) is 4.68 Å².